The number of rotatable bonds is 8. The maximum Gasteiger partial charge on any atom is 0.251 e. The number of guanidine groups is 1. The van der Waals surface area contributed by atoms with E-state index in [1.165, 1.54) is 0 Å². The van der Waals surface area contributed by atoms with Crippen molar-refractivity contribution in [3.8, 4) is 0 Å². The second-order valence-electron chi connectivity index (χ2n) is 6.52. The fraction of sp³-hybridized carbons (Fsp3) is 0.889. The fourth-order valence-electron chi connectivity index (χ4n) is 3.11. The molecule has 0 aromatic heterocycles. The number of aliphatic imine (C=N–C) groups is 1. The van der Waals surface area contributed by atoms with Gasteiger partial charge < -0.3 is 24.6 Å². The fourth-order valence-corrected chi connectivity index (χ4v) is 3.11. The quantitative estimate of drug-likeness (QED) is 0.247. The Labute approximate surface area is 174 Å². The number of halogens is 1. The predicted octanol–water partition coefficient (Wildman–Crippen LogP) is 1.71. The first-order valence-corrected chi connectivity index (χ1v) is 9.77. The third-order valence-corrected chi connectivity index (χ3v) is 4.57. The Morgan fingerprint density at radius 1 is 1.19 bits per heavy atom. The van der Waals surface area contributed by atoms with E-state index in [4.69, 9.17) is 9.47 Å². The molecule has 2 fully saturated rings. The number of carbonyl (C=O) groups is 1. The van der Waals surface area contributed by atoms with Gasteiger partial charge >= 0.3 is 0 Å². The highest BCUT2D eigenvalue weighted by Gasteiger charge is 2.30. The Morgan fingerprint density at radius 3 is 2.54 bits per heavy atom. The van der Waals surface area contributed by atoms with Gasteiger partial charge in [0.15, 0.2) is 5.96 Å². The predicted molar refractivity (Wildman–Crippen MR) is 114 cm³/mol. The highest BCUT2D eigenvalue weighted by Crippen LogP contribution is 2.16. The maximum absolute atomic E-state index is 12.4. The zero-order chi connectivity index (χ0) is 17.9. The highest BCUT2D eigenvalue weighted by molar-refractivity contribution is 14.0. The summed E-state index contributed by atoms with van der Waals surface area (Å²) in [6, 6.07) is 0. The van der Waals surface area contributed by atoms with E-state index < -0.39 is 0 Å². The Bertz CT molecular complexity index is 423. The third kappa shape index (κ3) is 7.56. The zero-order valence-electron chi connectivity index (χ0n) is 16.2. The van der Waals surface area contributed by atoms with Crippen molar-refractivity contribution in [3.05, 3.63) is 0 Å². The van der Waals surface area contributed by atoms with Crippen molar-refractivity contribution in [2.45, 2.75) is 45.6 Å². The van der Waals surface area contributed by atoms with E-state index in [0.29, 0.717) is 19.8 Å². The molecule has 2 rings (SSSR count). The summed E-state index contributed by atoms with van der Waals surface area (Å²) in [4.78, 5) is 21.2. The van der Waals surface area contributed by atoms with Gasteiger partial charge in [0.25, 0.3) is 5.91 Å². The van der Waals surface area contributed by atoms with Crippen LogP contribution in [0.5, 0.6) is 0 Å². The van der Waals surface area contributed by atoms with E-state index in [0.717, 1.165) is 71.0 Å². The molecule has 0 bridgehead atoms. The van der Waals surface area contributed by atoms with Gasteiger partial charge in [0.2, 0.25) is 0 Å². The van der Waals surface area contributed by atoms with Gasteiger partial charge in [-0.05, 0) is 26.2 Å². The summed E-state index contributed by atoms with van der Waals surface area (Å²) in [6.45, 7) is 11.0. The molecule has 1 unspecified atom stereocenters. The van der Waals surface area contributed by atoms with Crippen molar-refractivity contribution in [2.75, 3.05) is 59.1 Å². The summed E-state index contributed by atoms with van der Waals surface area (Å²) in [5, 5.41) is 3.35. The SMILES string of the molecule is CCCCOCCN=C(NCC)N1CCN(C(=O)C2CCCO2)CC1.I. The Balaban J connectivity index is 0.00000338. The first-order chi connectivity index (χ1) is 12.3. The van der Waals surface area contributed by atoms with Gasteiger partial charge in [-0.1, -0.05) is 13.3 Å². The maximum atomic E-state index is 12.4. The van der Waals surface area contributed by atoms with Crippen LogP contribution in [0, 0.1) is 0 Å². The number of nitrogens with one attached hydrogen (secondary N) is 1. The molecule has 2 aliphatic rings. The number of hydrogen-bond acceptors (Lipinski definition) is 4. The van der Waals surface area contributed by atoms with Gasteiger partial charge in [0, 0.05) is 45.9 Å². The Kier molecular flexibility index (Phi) is 12.2. The van der Waals surface area contributed by atoms with Crippen LogP contribution in [0.15, 0.2) is 4.99 Å². The molecule has 1 N–H and O–H groups in total. The Hall–Kier alpha value is -0.610. The summed E-state index contributed by atoms with van der Waals surface area (Å²) in [7, 11) is 0. The van der Waals surface area contributed by atoms with E-state index in [9.17, 15) is 4.79 Å². The van der Waals surface area contributed by atoms with Crippen molar-refractivity contribution < 1.29 is 14.3 Å². The van der Waals surface area contributed by atoms with Crippen LogP contribution in [0.2, 0.25) is 0 Å². The number of piperazine rings is 1. The van der Waals surface area contributed by atoms with Gasteiger partial charge in [0.05, 0.1) is 13.2 Å². The third-order valence-electron chi connectivity index (χ3n) is 4.57. The minimum atomic E-state index is -0.214. The van der Waals surface area contributed by atoms with Crippen molar-refractivity contribution in [1.29, 1.82) is 0 Å². The molecule has 0 aromatic rings. The topological polar surface area (TPSA) is 66.4 Å². The lowest BCUT2D eigenvalue weighted by Crippen LogP contribution is -2.55. The molecule has 0 aliphatic carbocycles. The second-order valence-corrected chi connectivity index (χ2v) is 6.52. The molecule has 2 heterocycles. The number of nitrogens with zero attached hydrogens (tertiary/aromatic N) is 3. The van der Waals surface area contributed by atoms with E-state index in [2.05, 4.69) is 29.1 Å². The molecule has 152 valence electrons. The molecule has 2 saturated heterocycles. The molecule has 0 saturated carbocycles. The summed E-state index contributed by atoms with van der Waals surface area (Å²) in [6.07, 6.45) is 3.90. The van der Waals surface area contributed by atoms with Crippen molar-refractivity contribution in [1.82, 2.24) is 15.1 Å². The lowest BCUT2D eigenvalue weighted by Gasteiger charge is -2.37. The zero-order valence-corrected chi connectivity index (χ0v) is 18.6. The first-order valence-electron chi connectivity index (χ1n) is 9.77. The summed E-state index contributed by atoms with van der Waals surface area (Å²) >= 11 is 0. The van der Waals surface area contributed by atoms with Crippen molar-refractivity contribution >= 4 is 35.8 Å². The van der Waals surface area contributed by atoms with Crippen LogP contribution in [0.3, 0.4) is 0 Å². The summed E-state index contributed by atoms with van der Waals surface area (Å²) in [5.74, 6) is 1.08. The largest absolute Gasteiger partial charge is 0.380 e. The van der Waals surface area contributed by atoms with E-state index in [1.807, 2.05) is 4.90 Å². The first kappa shape index (κ1) is 23.4. The molecule has 2 aliphatic heterocycles. The van der Waals surface area contributed by atoms with Crippen LogP contribution < -0.4 is 5.32 Å². The number of amides is 1. The number of carbonyl (C=O) groups excluding carboxylic acids is 1. The summed E-state index contributed by atoms with van der Waals surface area (Å²) < 4.78 is 11.1. The lowest BCUT2D eigenvalue weighted by molar-refractivity contribution is -0.142. The van der Waals surface area contributed by atoms with E-state index in [1.54, 1.807) is 0 Å². The van der Waals surface area contributed by atoms with E-state index >= 15 is 0 Å². The second kappa shape index (κ2) is 13.5. The lowest BCUT2D eigenvalue weighted by atomic mass is 10.2. The monoisotopic (exact) mass is 482 g/mol. The van der Waals surface area contributed by atoms with Gasteiger partial charge in [0.1, 0.15) is 6.10 Å². The smallest absolute Gasteiger partial charge is 0.251 e. The minimum absolute atomic E-state index is 0. The van der Waals surface area contributed by atoms with Gasteiger partial charge in [-0.3, -0.25) is 9.79 Å². The standard InChI is InChI=1S/C18H34N4O3.HI/c1-3-5-13-24-15-8-20-18(19-4-2)22-11-9-21(10-12-22)17(23)16-7-6-14-25-16;/h16H,3-15H2,1-2H3,(H,19,20);1H. The molecular formula is C18H35IN4O3. The van der Waals surface area contributed by atoms with Crippen LogP contribution >= 0.6 is 24.0 Å². The average molecular weight is 482 g/mol. The molecule has 0 spiro atoms. The molecule has 7 nitrogen and oxygen atoms in total. The number of unbranched alkanes of at least 4 members (excludes halogenated alkanes) is 1. The normalized spacial score (nSPS) is 20.8. The van der Waals surface area contributed by atoms with Crippen LogP contribution in [0.25, 0.3) is 0 Å². The molecule has 0 radical (unpaired) electrons. The summed E-state index contributed by atoms with van der Waals surface area (Å²) in [5.41, 5.74) is 0. The molecule has 1 atom stereocenters. The van der Waals surface area contributed by atoms with Crippen LogP contribution in [0.4, 0.5) is 0 Å². The van der Waals surface area contributed by atoms with Crippen molar-refractivity contribution in [3.63, 3.8) is 0 Å². The highest BCUT2D eigenvalue weighted by atomic mass is 127. The van der Waals surface area contributed by atoms with Gasteiger partial charge in [-0.2, -0.15) is 0 Å². The van der Waals surface area contributed by atoms with Crippen molar-refractivity contribution in [2.24, 2.45) is 4.99 Å². The van der Waals surface area contributed by atoms with E-state index in [-0.39, 0.29) is 36.0 Å². The molecular weight excluding hydrogens is 447 g/mol. The molecule has 0 aromatic carbocycles. The van der Waals surface area contributed by atoms with Gasteiger partial charge in [-0.25, -0.2) is 0 Å². The Morgan fingerprint density at radius 2 is 1.92 bits per heavy atom. The average Bonchev–Trinajstić information content (AvgIpc) is 3.18. The number of hydrogen-bond donors (Lipinski definition) is 1. The van der Waals surface area contributed by atoms with Crippen LogP contribution in [-0.4, -0.2) is 86.9 Å². The molecule has 8 heteroatoms. The minimum Gasteiger partial charge on any atom is -0.380 e. The van der Waals surface area contributed by atoms with Crippen LogP contribution in [0.1, 0.15) is 39.5 Å². The van der Waals surface area contributed by atoms with Gasteiger partial charge in [-0.15, -0.1) is 24.0 Å². The molecule has 1 amide bonds. The van der Waals surface area contributed by atoms with Crippen LogP contribution in [-0.2, 0) is 14.3 Å². The molecule has 26 heavy (non-hydrogen) atoms. The number of ether oxygens (including phenoxy) is 2.